The Balaban J connectivity index is 2.29. The molecule has 0 unspecified atom stereocenters. The first kappa shape index (κ1) is 12.4. The molecule has 100 valence electrons. The van der Waals surface area contributed by atoms with Gasteiger partial charge in [0.25, 0.3) is 0 Å². The number of hydrogen-bond donors (Lipinski definition) is 2. The summed E-state index contributed by atoms with van der Waals surface area (Å²) in [6, 6.07) is 3.86. The predicted octanol–water partition coefficient (Wildman–Crippen LogP) is 2.92. The Bertz CT molecular complexity index is 764. The number of nitrogens with two attached hydrogens (primary N) is 1. The zero-order chi connectivity index (χ0) is 13.8. The maximum Gasteiger partial charge on any atom is 0.194 e. The van der Waals surface area contributed by atoms with Crippen LogP contribution < -0.4 is 5.73 Å². The molecule has 19 heavy (non-hydrogen) atoms. The van der Waals surface area contributed by atoms with Crippen molar-refractivity contribution in [2.24, 2.45) is 0 Å². The Hall–Kier alpha value is -1.59. The predicted molar refractivity (Wildman–Crippen MR) is 79.6 cm³/mol. The van der Waals surface area contributed by atoms with Crippen molar-refractivity contribution >= 4 is 32.2 Å². The molecule has 4 nitrogen and oxygen atoms in total. The quantitative estimate of drug-likeness (QED) is 0.671. The van der Waals surface area contributed by atoms with Crippen LogP contribution in [0.25, 0.3) is 15.2 Å². The van der Waals surface area contributed by atoms with Crippen LogP contribution in [0.5, 0.6) is 0 Å². The van der Waals surface area contributed by atoms with Crippen molar-refractivity contribution in [3.63, 3.8) is 0 Å². The molecule has 0 atom stereocenters. The Kier molecular flexibility index (Phi) is 2.59. The number of imidazole rings is 1. The fourth-order valence-electron chi connectivity index (χ4n) is 2.10. The first-order chi connectivity index (χ1) is 8.90. The van der Waals surface area contributed by atoms with E-state index in [1.54, 1.807) is 11.3 Å². The van der Waals surface area contributed by atoms with Crippen LogP contribution in [-0.2, 0) is 12.0 Å². The molecule has 0 bridgehead atoms. The lowest BCUT2D eigenvalue weighted by Gasteiger charge is -2.13. The molecule has 3 rings (SSSR count). The molecule has 5 heteroatoms. The summed E-state index contributed by atoms with van der Waals surface area (Å²) in [6.45, 7) is 6.43. The van der Waals surface area contributed by atoms with E-state index in [0.717, 1.165) is 26.4 Å². The second-order valence-electron chi connectivity index (χ2n) is 5.81. The molecule has 2 heterocycles. The molecule has 0 radical (unpaired) electrons. The van der Waals surface area contributed by atoms with Crippen LogP contribution in [0, 0.1) is 0 Å². The minimum absolute atomic E-state index is 0.0325. The van der Waals surface area contributed by atoms with Gasteiger partial charge in [-0.15, -0.1) is 0 Å². The topological polar surface area (TPSA) is 63.5 Å². The average molecular weight is 275 g/mol. The molecule has 0 aliphatic carbocycles. The molecular weight excluding hydrogens is 258 g/mol. The molecule has 3 aromatic rings. The summed E-state index contributed by atoms with van der Waals surface area (Å²) in [6.07, 6.45) is 2.08. The molecular formula is C14H17N3OS. The summed E-state index contributed by atoms with van der Waals surface area (Å²) in [4.78, 5) is 5.65. The van der Waals surface area contributed by atoms with Gasteiger partial charge in [-0.3, -0.25) is 4.40 Å². The van der Waals surface area contributed by atoms with E-state index in [-0.39, 0.29) is 12.0 Å². The van der Waals surface area contributed by atoms with Crippen LogP contribution in [0.2, 0.25) is 0 Å². The summed E-state index contributed by atoms with van der Waals surface area (Å²) in [5.74, 6) is 0. The minimum atomic E-state index is -0.0325. The first-order valence-corrected chi connectivity index (χ1v) is 7.03. The molecule has 0 aliphatic rings. The van der Waals surface area contributed by atoms with Crippen molar-refractivity contribution < 1.29 is 5.11 Å². The number of fused-ring (bicyclic) bond motifs is 3. The molecule has 0 saturated carbocycles. The SMILES string of the molecule is CC(C)(C)c1cn2c(n1)sc1cc(CO)c(N)cc12. The average Bonchev–Trinajstić information content (AvgIpc) is 2.85. The third kappa shape index (κ3) is 1.89. The van der Waals surface area contributed by atoms with E-state index in [1.807, 2.05) is 12.1 Å². The van der Waals surface area contributed by atoms with E-state index >= 15 is 0 Å². The monoisotopic (exact) mass is 275 g/mol. The lowest BCUT2D eigenvalue weighted by Crippen LogP contribution is -2.11. The van der Waals surface area contributed by atoms with E-state index in [0.29, 0.717) is 5.69 Å². The van der Waals surface area contributed by atoms with Gasteiger partial charge in [0.15, 0.2) is 4.96 Å². The number of aliphatic hydroxyl groups is 1. The smallest absolute Gasteiger partial charge is 0.194 e. The van der Waals surface area contributed by atoms with Gasteiger partial charge in [-0.1, -0.05) is 32.1 Å². The van der Waals surface area contributed by atoms with Crippen LogP contribution in [0.1, 0.15) is 32.0 Å². The summed E-state index contributed by atoms with van der Waals surface area (Å²) in [5, 5.41) is 9.26. The molecule has 0 aliphatic heterocycles. The van der Waals surface area contributed by atoms with Crippen molar-refractivity contribution in [3.8, 4) is 0 Å². The van der Waals surface area contributed by atoms with Crippen molar-refractivity contribution in [2.75, 3.05) is 5.73 Å². The maximum absolute atomic E-state index is 9.26. The number of benzene rings is 1. The van der Waals surface area contributed by atoms with Gasteiger partial charge in [0, 0.05) is 22.9 Å². The van der Waals surface area contributed by atoms with Crippen molar-refractivity contribution in [3.05, 3.63) is 29.6 Å². The van der Waals surface area contributed by atoms with E-state index in [2.05, 4.69) is 36.4 Å². The number of nitrogen functional groups attached to an aromatic ring is 1. The van der Waals surface area contributed by atoms with Crippen LogP contribution >= 0.6 is 11.3 Å². The van der Waals surface area contributed by atoms with Gasteiger partial charge in [0.1, 0.15) is 0 Å². The molecule has 2 aromatic heterocycles. The lowest BCUT2D eigenvalue weighted by atomic mass is 9.93. The van der Waals surface area contributed by atoms with Gasteiger partial charge in [-0.25, -0.2) is 4.98 Å². The van der Waals surface area contributed by atoms with Crippen molar-refractivity contribution in [2.45, 2.75) is 32.8 Å². The number of nitrogens with zero attached hydrogens (tertiary/aromatic N) is 2. The number of rotatable bonds is 1. The van der Waals surface area contributed by atoms with Gasteiger partial charge < -0.3 is 10.8 Å². The Morgan fingerprint density at radius 1 is 1.37 bits per heavy atom. The molecule has 0 fully saturated rings. The highest BCUT2D eigenvalue weighted by Crippen LogP contribution is 2.32. The maximum atomic E-state index is 9.26. The number of anilines is 1. The normalized spacial score (nSPS) is 12.6. The zero-order valence-corrected chi connectivity index (χ0v) is 12.1. The van der Waals surface area contributed by atoms with Gasteiger partial charge in [0.05, 0.1) is 22.5 Å². The highest BCUT2D eigenvalue weighted by Gasteiger charge is 2.19. The van der Waals surface area contributed by atoms with Crippen LogP contribution in [0.4, 0.5) is 5.69 Å². The summed E-state index contributed by atoms with van der Waals surface area (Å²) < 4.78 is 3.18. The molecule has 0 saturated heterocycles. The first-order valence-electron chi connectivity index (χ1n) is 6.21. The standard InChI is InChI=1S/C14H17N3OS/c1-14(2,3)12-6-17-10-5-9(15)8(7-18)4-11(10)19-13(17)16-12/h4-6,18H,7,15H2,1-3H3. The van der Waals surface area contributed by atoms with E-state index < -0.39 is 0 Å². The van der Waals surface area contributed by atoms with Crippen LogP contribution in [0.3, 0.4) is 0 Å². The van der Waals surface area contributed by atoms with E-state index in [1.165, 1.54) is 0 Å². The van der Waals surface area contributed by atoms with Gasteiger partial charge >= 0.3 is 0 Å². The Labute approximate surface area is 115 Å². The molecule has 3 N–H and O–H groups in total. The fraction of sp³-hybridized carbons (Fsp3) is 0.357. The van der Waals surface area contributed by atoms with Gasteiger partial charge in [0.2, 0.25) is 0 Å². The lowest BCUT2D eigenvalue weighted by molar-refractivity contribution is 0.282. The number of hydrogen-bond acceptors (Lipinski definition) is 4. The highest BCUT2D eigenvalue weighted by molar-refractivity contribution is 7.23. The zero-order valence-electron chi connectivity index (χ0n) is 11.3. The number of thiazole rings is 1. The van der Waals surface area contributed by atoms with Crippen LogP contribution in [0.15, 0.2) is 18.3 Å². The minimum Gasteiger partial charge on any atom is -0.398 e. The van der Waals surface area contributed by atoms with E-state index in [9.17, 15) is 5.11 Å². The number of aliphatic hydroxyl groups excluding tert-OH is 1. The van der Waals surface area contributed by atoms with Crippen molar-refractivity contribution in [1.82, 2.24) is 9.38 Å². The highest BCUT2D eigenvalue weighted by atomic mass is 32.1. The Morgan fingerprint density at radius 2 is 2.11 bits per heavy atom. The van der Waals surface area contributed by atoms with Crippen molar-refractivity contribution in [1.29, 1.82) is 0 Å². The molecule has 1 aromatic carbocycles. The third-order valence-electron chi connectivity index (χ3n) is 3.29. The fourth-order valence-corrected chi connectivity index (χ4v) is 3.15. The second-order valence-corrected chi connectivity index (χ2v) is 6.82. The largest absolute Gasteiger partial charge is 0.398 e. The number of aromatic nitrogens is 2. The van der Waals surface area contributed by atoms with Gasteiger partial charge in [-0.2, -0.15) is 0 Å². The van der Waals surface area contributed by atoms with Gasteiger partial charge in [-0.05, 0) is 12.1 Å². The second kappa shape index (κ2) is 3.95. The van der Waals surface area contributed by atoms with E-state index in [4.69, 9.17) is 5.73 Å². The summed E-state index contributed by atoms with van der Waals surface area (Å²) >= 11 is 1.62. The third-order valence-corrected chi connectivity index (χ3v) is 4.31. The summed E-state index contributed by atoms with van der Waals surface area (Å²) in [7, 11) is 0. The summed E-state index contributed by atoms with van der Waals surface area (Å²) in [5.41, 5.74) is 9.51. The molecule has 0 amide bonds. The molecule has 0 spiro atoms. The van der Waals surface area contributed by atoms with Crippen LogP contribution in [-0.4, -0.2) is 14.5 Å². The Morgan fingerprint density at radius 3 is 2.74 bits per heavy atom.